The second-order valence-corrected chi connectivity index (χ2v) is 4.36. The van der Waals surface area contributed by atoms with E-state index in [0.717, 1.165) is 15.4 Å². The molecule has 0 saturated heterocycles. The van der Waals surface area contributed by atoms with E-state index in [1.807, 2.05) is 13.0 Å². The van der Waals surface area contributed by atoms with E-state index < -0.39 is 5.97 Å². The number of nitrogens with zero attached hydrogens (tertiary/aromatic N) is 1. The minimum atomic E-state index is -0.905. The van der Waals surface area contributed by atoms with Gasteiger partial charge >= 0.3 is 5.97 Å². The Hall–Kier alpha value is -1.68. The van der Waals surface area contributed by atoms with Gasteiger partial charge in [0.15, 0.2) is 0 Å². The second-order valence-electron chi connectivity index (χ2n) is 3.13. The number of rotatable bonds is 2. The maximum absolute atomic E-state index is 10.8. The zero-order chi connectivity index (χ0) is 10.8. The minimum Gasteiger partial charge on any atom is -0.478 e. The number of hydrogen-bond donors (Lipinski definition) is 1. The van der Waals surface area contributed by atoms with Crippen LogP contribution in [-0.4, -0.2) is 16.1 Å². The topological polar surface area (TPSA) is 50.2 Å². The summed E-state index contributed by atoms with van der Waals surface area (Å²) in [6.45, 7) is 1.93. The van der Waals surface area contributed by atoms with Crippen LogP contribution in [0.2, 0.25) is 0 Å². The first kappa shape index (κ1) is 9.86. The number of carboxylic acids is 1. The molecule has 0 aliphatic carbocycles. The van der Waals surface area contributed by atoms with Crippen molar-refractivity contribution in [2.75, 3.05) is 0 Å². The van der Waals surface area contributed by atoms with Crippen LogP contribution in [0, 0.1) is 6.92 Å². The third-order valence-corrected chi connectivity index (χ3v) is 2.98. The van der Waals surface area contributed by atoms with Gasteiger partial charge in [-0.2, -0.15) is 0 Å². The lowest BCUT2D eigenvalue weighted by Gasteiger charge is -1.98. The number of aromatic nitrogens is 1. The largest absolute Gasteiger partial charge is 0.478 e. The molecule has 0 amide bonds. The Kier molecular flexibility index (Phi) is 2.51. The van der Waals surface area contributed by atoms with Crippen LogP contribution in [-0.2, 0) is 0 Å². The van der Waals surface area contributed by atoms with E-state index >= 15 is 0 Å². The number of carbonyl (C=O) groups is 1. The Morgan fingerprint density at radius 2 is 2.27 bits per heavy atom. The number of aryl methyl sites for hydroxylation is 1. The lowest BCUT2D eigenvalue weighted by Crippen LogP contribution is -1.95. The predicted octanol–water partition coefficient (Wildman–Crippen LogP) is 2.82. The number of thiazole rings is 1. The number of carboxylic acid groups (broad SMARTS) is 1. The SMILES string of the molecule is Cc1ncc(-c2cccc(C(=O)O)c2)s1. The Morgan fingerprint density at radius 3 is 2.87 bits per heavy atom. The zero-order valence-electron chi connectivity index (χ0n) is 8.10. The van der Waals surface area contributed by atoms with Gasteiger partial charge in [-0.05, 0) is 24.6 Å². The van der Waals surface area contributed by atoms with Crippen LogP contribution in [0.1, 0.15) is 15.4 Å². The van der Waals surface area contributed by atoms with Crippen LogP contribution >= 0.6 is 11.3 Å². The van der Waals surface area contributed by atoms with Gasteiger partial charge in [-0.15, -0.1) is 11.3 Å². The first-order valence-electron chi connectivity index (χ1n) is 4.43. The molecule has 0 aliphatic rings. The summed E-state index contributed by atoms with van der Waals surface area (Å²) >= 11 is 1.56. The van der Waals surface area contributed by atoms with Gasteiger partial charge < -0.3 is 5.11 Å². The van der Waals surface area contributed by atoms with Crippen molar-refractivity contribution in [1.82, 2.24) is 4.98 Å². The van der Waals surface area contributed by atoms with Crippen LogP contribution < -0.4 is 0 Å². The van der Waals surface area contributed by atoms with Crippen LogP contribution in [0.4, 0.5) is 0 Å². The zero-order valence-corrected chi connectivity index (χ0v) is 8.91. The van der Waals surface area contributed by atoms with Crippen molar-refractivity contribution >= 4 is 17.3 Å². The molecule has 1 aromatic carbocycles. The predicted molar refractivity (Wildman–Crippen MR) is 59.2 cm³/mol. The third kappa shape index (κ3) is 2.05. The normalized spacial score (nSPS) is 10.2. The molecule has 3 nitrogen and oxygen atoms in total. The van der Waals surface area contributed by atoms with Crippen LogP contribution in [0.5, 0.6) is 0 Å². The molecule has 0 unspecified atom stereocenters. The lowest BCUT2D eigenvalue weighted by atomic mass is 10.1. The van der Waals surface area contributed by atoms with E-state index in [-0.39, 0.29) is 0 Å². The monoisotopic (exact) mass is 219 g/mol. The van der Waals surface area contributed by atoms with Crippen LogP contribution in [0.25, 0.3) is 10.4 Å². The third-order valence-electron chi connectivity index (χ3n) is 2.02. The highest BCUT2D eigenvalue weighted by Crippen LogP contribution is 2.26. The molecule has 2 aromatic rings. The molecule has 0 spiro atoms. The first-order valence-corrected chi connectivity index (χ1v) is 5.24. The van der Waals surface area contributed by atoms with Gasteiger partial charge in [0.1, 0.15) is 0 Å². The molecule has 0 atom stereocenters. The molecule has 0 radical (unpaired) electrons. The average molecular weight is 219 g/mol. The van der Waals surface area contributed by atoms with E-state index in [1.165, 1.54) is 0 Å². The molecule has 0 saturated carbocycles. The highest BCUT2D eigenvalue weighted by Gasteiger charge is 2.06. The molecular weight excluding hydrogens is 210 g/mol. The van der Waals surface area contributed by atoms with Crippen molar-refractivity contribution < 1.29 is 9.90 Å². The van der Waals surface area contributed by atoms with Crippen molar-refractivity contribution in [1.29, 1.82) is 0 Å². The van der Waals surface area contributed by atoms with E-state index in [1.54, 1.807) is 35.7 Å². The molecule has 4 heteroatoms. The standard InChI is InChI=1S/C11H9NO2S/c1-7-12-6-10(15-7)8-3-2-4-9(5-8)11(13)14/h2-6H,1H3,(H,13,14). The van der Waals surface area contributed by atoms with E-state index in [0.29, 0.717) is 5.56 Å². The Morgan fingerprint density at radius 1 is 1.47 bits per heavy atom. The summed E-state index contributed by atoms with van der Waals surface area (Å²) in [6.07, 6.45) is 1.76. The van der Waals surface area contributed by atoms with Gasteiger partial charge in [-0.25, -0.2) is 9.78 Å². The molecular formula is C11H9NO2S. The molecule has 1 aromatic heterocycles. The van der Waals surface area contributed by atoms with Gasteiger partial charge in [0.05, 0.1) is 15.4 Å². The summed E-state index contributed by atoms with van der Waals surface area (Å²) in [5.41, 5.74) is 1.21. The van der Waals surface area contributed by atoms with E-state index in [9.17, 15) is 4.79 Å². The Bertz CT molecular complexity index is 505. The maximum atomic E-state index is 10.8. The molecule has 1 heterocycles. The van der Waals surface area contributed by atoms with Crippen molar-refractivity contribution in [2.45, 2.75) is 6.92 Å². The fraction of sp³-hybridized carbons (Fsp3) is 0.0909. The summed E-state index contributed by atoms with van der Waals surface area (Å²) in [5.74, 6) is -0.905. The number of benzene rings is 1. The molecule has 15 heavy (non-hydrogen) atoms. The van der Waals surface area contributed by atoms with Crippen LogP contribution in [0.15, 0.2) is 30.5 Å². The highest BCUT2D eigenvalue weighted by molar-refractivity contribution is 7.15. The van der Waals surface area contributed by atoms with Crippen LogP contribution in [0.3, 0.4) is 0 Å². The molecule has 0 aliphatic heterocycles. The van der Waals surface area contributed by atoms with Gasteiger partial charge in [0, 0.05) is 6.20 Å². The van der Waals surface area contributed by atoms with Gasteiger partial charge in [-0.3, -0.25) is 0 Å². The minimum absolute atomic E-state index is 0.304. The van der Waals surface area contributed by atoms with Gasteiger partial charge in [0.2, 0.25) is 0 Å². The Balaban J connectivity index is 2.45. The molecule has 1 N–H and O–H groups in total. The molecule has 0 fully saturated rings. The second kappa shape index (κ2) is 3.82. The number of aromatic carboxylic acids is 1. The first-order chi connectivity index (χ1) is 7.16. The highest BCUT2D eigenvalue weighted by atomic mass is 32.1. The molecule has 76 valence electrons. The Labute approximate surface area is 91.0 Å². The average Bonchev–Trinajstić information content (AvgIpc) is 2.65. The quantitative estimate of drug-likeness (QED) is 0.844. The fourth-order valence-corrected chi connectivity index (χ4v) is 2.07. The van der Waals surface area contributed by atoms with Crippen molar-refractivity contribution in [3.63, 3.8) is 0 Å². The van der Waals surface area contributed by atoms with Crippen molar-refractivity contribution in [3.8, 4) is 10.4 Å². The van der Waals surface area contributed by atoms with Crippen molar-refractivity contribution in [2.24, 2.45) is 0 Å². The summed E-state index contributed by atoms with van der Waals surface area (Å²) in [5, 5.41) is 9.83. The van der Waals surface area contributed by atoms with Crippen molar-refractivity contribution in [3.05, 3.63) is 41.0 Å². The number of hydrogen-bond acceptors (Lipinski definition) is 3. The van der Waals surface area contributed by atoms with E-state index in [4.69, 9.17) is 5.11 Å². The van der Waals surface area contributed by atoms with Gasteiger partial charge in [-0.1, -0.05) is 12.1 Å². The summed E-state index contributed by atoms with van der Waals surface area (Å²) in [7, 11) is 0. The summed E-state index contributed by atoms with van der Waals surface area (Å²) in [4.78, 5) is 15.9. The lowest BCUT2D eigenvalue weighted by molar-refractivity contribution is 0.0697. The van der Waals surface area contributed by atoms with E-state index in [2.05, 4.69) is 4.98 Å². The smallest absolute Gasteiger partial charge is 0.335 e. The van der Waals surface area contributed by atoms with Gasteiger partial charge in [0.25, 0.3) is 0 Å². The molecule has 2 rings (SSSR count). The summed E-state index contributed by atoms with van der Waals surface area (Å²) in [6, 6.07) is 6.88. The fourth-order valence-electron chi connectivity index (χ4n) is 1.30. The molecule has 0 bridgehead atoms. The summed E-state index contributed by atoms with van der Waals surface area (Å²) < 4.78 is 0. The maximum Gasteiger partial charge on any atom is 0.335 e.